The average Bonchev–Trinajstić information content (AvgIpc) is 2.75. The molecular formula is C8H6N2O2S. The molecule has 66 valence electrons. The summed E-state index contributed by atoms with van der Waals surface area (Å²) in [4.78, 5) is 18.1. The minimum absolute atomic E-state index is 0.114. The van der Waals surface area contributed by atoms with Gasteiger partial charge in [0.2, 0.25) is 0 Å². The Morgan fingerprint density at radius 3 is 3.00 bits per heavy atom. The first-order valence-corrected chi connectivity index (χ1v) is 4.47. The zero-order valence-corrected chi connectivity index (χ0v) is 7.34. The molecule has 4 nitrogen and oxygen atoms in total. The zero-order chi connectivity index (χ0) is 9.26. The van der Waals surface area contributed by atoms with Gasteiger partial charge < -0.3 is 10.1 Å². The number of hydrogen-bond donors (Lipinski definition) is 2. The van der Waals surface area contributed by atoms with Crippen LogP contribution in [0.5, 0.6) is 0 Å². The molecule has 0 aliphatic heterocycles. The van der Waals surface area contributed by atoms with Crippen molar-refractivity contribution in [2.75, 3.05) is 0 Å². The first-order valence-electron chi connectivity index (χ1n) is 3.59. The molecule has 2 heterocycles. The van der Waals surface area contributed by atoms with Crippen LogP contribution >= 0.6 is 11.3 Å². The first kappa shape index (κ1) is 8.00. The fourth-order valence-corrected chi connectivity index (χ4v) is 1.64. The maximum absolute atomic E-state index is 10.5. The molecule has 0 saturated heterocycles. The number of thiophene rings is 1. The number of nitrogens with zero attached hydrogens (tertiary/aromatic N) is 1. The number of aromatic carboxylic acids is 1. The number of carboxylic acids is 1. The van der Waals surface area contributed by atoms with E-state index in [0.717, 1.165) is 4.88 Å². The predicted octanol–water partition coefficient (Wildman–Crippen LogP) is 1.84. The lowest BCUT2D eigenvalue weighted by molar-refractivity contribution is 0.0691. The Balaban J connectivity index is 2.39. The quantitative estimate of drug-likeness (QED) is 0.766. The lowest BCUT2D eigenvalue weighted by atomic mass is 10.4. The van der Waals surface area contributed by atoms with Crippen LogP contribution in [0.3, 0.4) is 0 Å². The number of rotatable bonds is 2. The van der Waals surface area contributed by atoms with E-state index in [4.69, 9.17) is 5.11 Å². The Hall–Kier alpha value is -1.62. The highest BCUT2D eigenvalue weighted by molar-refractivity contribution is 7.13. The Kier molecular flexibility index (Phi) is 1.86. The van der Waals surface area contributed by atoms with Gasteiger partial charge in [-0.2, -0.15) is 0 Å². The van der Waals surface area contributed by atoms with Crippen molar-refractivity contribution in [2.45, 2.75) is 0 Å². The highest BCUT2D eigenvalue weighted by Crippen LogP contribution is 2.20. The molecule has 0 aromatic carbocycles. The van der Waals surface area contributed by atoms with Crippen LogP contribution < -0.4 is 0 Å². The van der Waals surface area contributed by atoms with Crippen LogP contribution in [0, 0.1) is 0 Å². The van der Waals surface area contributed by atoms with Crippen molar-refractivity contribution < 1.29 is 9.90 Å². The molecule has 2 aromatic heterocycles. The molecular weight excluding hydrogens is 188 g/mol. The van der Waals surface area contributed by atoms with Crippen LogP contribution in [-0.4, -0.2) is 21.0 Å². The number of H-pyrrole nitrogens is 1. The van der Waals surface area contributed by atoms with Crippen molar-refractivity contribution in [3.63, 3.8) is 0 Å². The standard InChI is InChI=1S/C8H6N2O2S/c11-8(12)5-4-9-7(10-5)6-2-1-3-13-6/h1-4H,(H,9,10)(H,11,12). The Bertz CT molecular complexity index is 419. The van der Waals surface area contributed by atoms with Crippen molar-refractivity contribution in [3.05, 3.63) is 29.4 Å². The Morgan fingerprint density at radius 2 is 2.46 bits per heavy atom. The fourth-order valence-electron chi connectivity index (χ4n) is 0.968. The SMILES string of the molecule is O=C(O)c1cnc(-c2cccs2)[nH]1. The van der Waals surface area contributed by atoms with Crippen LogP contribution in [0.4, 0.5) is 0 Å². The molecule has 0 unspecified atom stereocenters. The second-order valence-corrected chi connectivity index (χ2v) is 3.38. The van der Waals surface area contributed by atoms with Gasteiger partial charge >= 0.3 is 5.97 Å². The van der Waals surface area contributed by atoms with Gasteiger partial charge in [0.25, 0.3) is 0 Å². The van der Waals surface area contributed by atoms with E-state index >= 15 is 0 Å². The van der Waals surface area contributed by atoms with E-state index in [2.05, 4.69) is 9.97 Å². The lowest BCUT2D eigenvalue weighted by Gasteiger charge is -1.87. The van der Waals surface area contributed by atoms with E-state index in [1.54, 1.807) is 0 Å². The zero-order valence-electron chi connectivity index (χ0n) is 6.52. The molecule has 0 radical (unpaired) electrons. The van der Waals surface area contributed by atoms with Crippen molar-refractivity contribution in [1.82, 2.24) is 9.97 Å². The van der Waals surface area contributed by atoms with E-state index in [9.17, 15) is 4.79 Å². The van der Waals surface area contributed by atoms with Crippen molar-refractivity contribution in [1.29, 1.82) is 0 Å². The molecule has 0 fully saturated rings. The highest BCUT2D eigenvalue weighted by atomic mass is 32.1. The molecule has 0 spiro atoms. The summed E-state index contributed by atoms with van der Waals surface area (Å²) in [5, 5.41) is 10.5. The Morgan fingerprint density at radius 1 is 1.62 bits per heavy atom. The van der Waals surface area contributed by atoms with Gasteiger partial charge in [-0.25, -0.2) is 9.78 Å². The third kappa shape index (κ3) is 1.46. The molecule has 0 saturated carbocycles. The molecule has 0 atom stereocenters. The van der Waals surface area contributed by atoms with Gasteiger partial charge in [0.05, 0.1) is 11.1 Å². The van der Waals surface area contributed by atoms with E-state index in [-0.39, 0.29) is 5.69 Å². The van der Waals surface area contributed by atoms with Gasteiger partial charge in [-0.1, -0.05) is 6.07 Å². The average molecular weight is 194 g/mol. The Labute approximate surface area is 77.9 Å². The van der Waals surface area contributed by atoms with Crippen LogP contribution in [0.15, 0.2) is 23.7 Å². The topological polar surface area (TPSA) is 66.0 Å². The molecule has 0 bridgehead atoms. The summed E-state index contributed by atoms with van der Waals surface area (Å²) < 4.78 is 0. The molecule has 2 N–H and O–H groups in total. The van der Waals surface area contributed by atoms with Gasteiger partial charge in [-0.15, -0.1) is 11.3 Å². The van der Waals surface area contributed by atoms with Crippen molar-refractivity contribution >= 4 is 17.3 Å². The summed E-state index contributed by atoms with van der Waals surface area (Å²) in [6.07, 6.45) is 1.32. The number of aromatic nitrogens is 2. The highest BCUT2D eigenvalue weighted by Gasteiger charge is 2.08. The number of hydrogen-bond acceptors (Lipinski definition) is 3. The molecule has 0 aliphatic rings. The predicted molar refractivity (Wildman–Crippen MR) is 48.9 cm³/mol. The smallest absolute Gasteiger partial charge is 0.353 e. The van der Waals surface area contributed by atoms with Crippen LogP contribution in [0.25, 0.3) is 10.7 Å². The van der Waals surface area contributed by atoms with E-state index in [0.29, 0.717) is 5.82 Å². The normalized spacial score (nSPS) is 10.2. The van der Waals surface area contributed by atoms with Gasteiger partial charge in [0.1, 0.15) is 11.5 Å². The van der Waals surface area contributed by atoms with Crippen molar-refractivity contribution in [3.8, 4) is 10.7 Å². The van der Waals surface area contributed by atoms with Gasteiger partial charge in [0.15, 0.2) is 0 Å². The molecule has 2 aromatic rings. The van der Waals surface area contributed by atoms with Gasteiger partial charge in [0, 0.05) is 0 Å². The number of imidazole rings is 1. The van der Waals surface area contributed by atoms with Crippen molar-refractivity contribution in [2.24, 2.45) is 0 Å². The minimum atomic E-state index is -0.990. The maximum Gasteiger partial charge on any atom is 0.353 e. The van der Waals surface area contributed by atoms with Crippen LogP contribution in [0.1, 0.15) is 10.5 Å². The summed E-state index contributed by atoms with van der Waals surface area (Å²) in [7, 11) is 0. The van der Waals surface area contributed by atoms with E-state index in [1.807, 2.05) is 17.5 Å². The third-order valence-corrected chi connectivity index (χ3v) is 2.44. The van der Waals surface area contributed by atoms with Crippen LogP contribution in [-0.2, 0) is 0 Å². The molecule has 5 heteroatoms. The summed E-state index contributed by atoms with van der Waals surface area (Å²) in [5.74, 6) is -0.386. The van der Waals surface area contributed by atoms with E-state index in [1.165, 1.54) is 17.5 Å². The first-order chi connectivity index (χ1) is 6.27. The largest absolute Gasteiger partial charge is 0.477 e. The number of aromatic amines is 1. The maximum atomic E-state index is 10.5. The van der Waals surface area contributed by atoms with Crippen LogP contribution in [0.2, 0.25) is 0 Å². The summed E-state index contributed by atoms with van der Waals surface area (Å²) in [5.41, 5.74) is 0.114. The van der Waals surface area contributed by atoms with Gasteiger partial charge in [-0.05, 0) is 11.4 Å². The van der Waals surface area contributed by atoms with Gasteiger partial charge in [-0.3, -0.25) is 0 Å². The molecule has 0 aliphatic carbocycles. The number of carbonyl (C=O) groups is 1. The summed E-state index contributed by atoms with van der Waals surface area (Å²) in [6.45, 7) is 0. The number of nitrogens with one attached hydrogen (secondary N) is 1. The second-order valence-electron chi connectivity index (χ2n) is 2.43. The fraction of sp³-hybridized carbons (Fsp3) is 0. The second kappa shape index (κ2) is 3.02. The van der Waals surface area contributed by atoms with E-state index < -0.39 is 5.97 Å². The molecule has 0 amide bonds. The summed E-state index contributed by atoms with van der Waals surface area (Å²) >= 11 is 1.51. The third-order valence-electron chi connectivity index (χ3n) is 1.56. The molecule has 13 heavy (non-hydrogen) atoms. The minimum Gasteiger partial charge on any atom is -0.477 e. The summed E-state index contributed by atoms with van der Waals surface area (Å²) in [6, 6.07) is 3.78. The monoisotopic (exact) mass is 194 g/mol. The number of carboxylic acid groups (broad SMARTS) is 1. The lowest BCUT2D eigenvalue weighted by Crippen LogP contribution is -1.95. The molecule has 2 rings (SSSR count).